The number of hydrogen-bond acceptors (Lipinski definition) is 5. The summed E-state index contributed by atoms with van der Waals surface area (Å²) in [7, 11) is 0. The van der Waals surface area contributed by atoms with Crippen LogP contribution in [0, 0.1) is 17.6 Å². The Balaban J connectivity index is 1.38. The van der Waals surface area contributed by atoms with Crippen LogP contribution < -0.4 is 0 Å². The highest BCUT2D eigenvalue weighted by Gasteiger charge is 2.35. The number of halogens is 2. The van der Waals surface area contributed by atoms with E-state index in [1.165, 1.54) is 12.1 Å². The first kappa shape index (κ1) is 24.9. The van der Waals surface area contributed by atoms with E-state index < -0.39 is 35.5 Å². The minimum absolute atomic E-state index is 0.0212. The molecule has 1 aliphatic heterocycles. The number of hydrogen-bond donors (Lipinski definition) is 0. The summed E-state index contributed by atoms with van der Waals surface area (Å²) in [6.45, 7) is 0.304. The van der Waals surface area contributed by atoms with Crippen molar-refractivity contribution >= 4 is 24.6 Å². The third-order valence-corrected chi connectivity index (χ3v) is 6.31. The molecule has 1 aliphatic rings. The van der Waals surface area contributed by atoms with Crippen LogP contribution in [0.5, 0.6) is 0 Å². The third-order valence-electron chi connectivity index (χ3n) is 6.31. The lowest BCUT2D eigenvalue weighted by Gasteiger charge is -2.23. The number of aldehydes is 1. The number of rotatable bonds is 11. The number of benzene rings is 3. The molecule has 8 heteroatoms. The molecule has 0 spiro atoms. The number of amides is 2. The Morgan fingerprint density at radius 2 is 1.42 bits per heavy atom. The summed E-state index contributed by atoms with van der Waals surface area (Å²) < 4.78 is 32.2. The van der Waals surface area contributed by atoms with Crippen LogP contribution in [0.4, 0.5) is 8.78 Å². The molecule has 6 nitrogen and oxygen atoms in total. The van der Waals surface area contributed by atoms with E-state index in [9.17, 15) is 28.0 Å². The molecular formula is C28H23F2NO5. The summed E-state index contributed by atoms with van der Waals surface area (Å²) in [4.78, 5) is 49.2. The Morgan fingerprint density at radius 1 is 0.806 bits per heavy atom. The maximum Gasteiger partial charge on any atom is 0.293 e. The van der Waals surface area contributed by atoms with Crippen molar-refractivity contribution in [3.8, 4) is 11.1 Å². The van der Waals surface area contributed by atoms with E-state index in [-0.39, 0.29) is 19.4 Å². The summed E-state index contributed by atoms with van der Waals surface area (Å²) in [6.07, 6.45) is 0.879. The zero-order valence-electron chi connectivity index (χ0n) is 19.2. The predicted octanol–water partition coefficient (Wildman–Crippen LogP) is 4.61. The Labute approximate surface area is 206 Å². The molecule has 2 unspecified atom stereocenters. The summed E-state index contributed by atoms with van der Waals surface area (Å²) in [5.74, 6) is -2.86. The fourth-order valence-corrected chi connectivity index (χ4v) is 4.41. The number of carbonyl (C=O) groups is 4. The molecule has 0 aliphatic carbocycles. The van der Waals surface area contributed by atoms with E-state index in [1.807, 2.05) is 0 Å². The molecule has 0 N–H and O–H groups in total. The van der Waals surface area contributed by atoms with Crippen molar-refractivity contribution in [1.29, 1.82) is 0 Å². The lowest BCUT2D eigenvalue weighted by Crippen LogP contribution is -2.35. The van der Waals surface area contributed by atoms with Crippen LogP contribution in [0.15, 0.2) is 66.7 Å². The smallest absolute Gasteiger partial charge is 0.293 e. The van der Waals surface area contributed by atoms with Crippen LogP contribution in [0.2, 0.25) is 0 Å². The number of fused-ring (bicyclic) bond motifs is 1. The monoisotopic (exact) mass is 491 g/mol. The van der Waals surface area contributed by atoms with Crippen molar-refractivity contribution in [2.45, 2.75) is 25.4 Å². The van der Waals surface area contributed by atoms with E-state index in [0.717, 1.165) is 16.5 Å². The molecular weight excluding hydrogens is 468 g/mol. The van der Waals surface area contributed by atoms with Gasteiger partial charge in [0.2, 0.25) is 0 Å². The molecule has 184 valence electrons. The Bertz CT molecular complexity index is 1240. The van der Waals surface area contributed by atoms with E-state index in [1.54, 1.807) is 48.5 Å². The molecule has 3 aromatic carbocycles. The Morgan fingerprint density at radius 3 is 1.97 bits per heavy atom. The maximum absolute atomic E-state index is 13.5. The van der Waals surface area contributed by atoms with Gasteiger partial charge in [-0.2, -0.15) is 0 Å². The molecule has 0 saturated heterocycles. The largest absolute Gasteiger partial charge is 0.464 e. The first-order chi connectivity index (χ1) is 17.4. The van der Waals surface area contributed by atoms with Gasteiger partial charge in [0.25, 0.3) is 18.3 Å². The fraction of sp³-hybridized carbons (Fsp3) is 0.214. The van der Waals surface area contributed by atoms with Crippen LogP contribution in [0.25, 0.3) is 11.1 Å². The lowest BCUT2D eigenvalue weighted by molar-refractivity contribution is -0.138. The van der Waals surface area contributed by atoms with Crippen LogP contribution >= 0.6 is 0 Å². The number of imide groups is 1. The average Bonchev–Trinajstić information content (AvgIpc) is 3.12. The molecule has 0 radical (unpaired) electrons. The molecule has 3 aromatic rings. The molecule has 2 atom stereocenters. The predicted molar refractivity (Wildman–Crippen MR) is 127 cm³/mol. The average molecular weight is 491 g/mol. The van der Waals surface area contributed by atoms with E-state index >= 15 is 0 Å². The van der Waals surface area contributed by atoms with Crippen molar-refractivity contribution in [2.75, 3.05) is 6.54 Å². The SMILES string of the molecule is O=COC(CCc1ccc(-c2cc(F)cc(F)c2)cc1)C(C=O)CCN1C(=O)c2ccccc2C1=O. The van der Waals surface area contributed by atoms with E-state index in [0.29, 0.717) is 41.4 Å². The molecule has 4 rings (SSSR count). The molecule has 2 amide bonds. The summed E-state index contributed by atoms with van der Waals surface area (Å²) in [5.41, 5.74) is 2.59. The van der Waals surface area contributed by atoms with Crippen LogP contribution in [-0.4, -0.2) is 42.1 Å². The molecule has 0 saturated carbocycles. The Hall–Kier alpha value is -4.20. The van der Waals surface area contributed by atoms with Gasteiger partial charge in [-0.25, -0.2) is 8.78 Å². The second kappa shape index (κ2) is 11.0. The van der Waals surface area contributed by atoms with Gasteiger partial charge in [-0.1, -0.05) is 36.4 Å². The molecule has 0 bridgehead atoms. The summed E-state index contributed by atoms with van der Waals surface area (Å²) >= 11 is 0. The van der Waals surface area contributed by atoms with Gasteiger partial charge >= 0.3 is 0 Å². The maximum atomic E-state index is 13.5. The molecule has 1 heterocycles. The molecule has 36 heavy (non-hydrogen) atoms. The summed E-state index contributed by atoms with van der Waals surface area (Å²) in [6, 6.07) is 16.9. The number of nitrogens with zero attached hydrogens (tertiary/aromatic N) is 1. The van der Waals surface area contributed by atoms with Gasteiger partial charge in [0, 0.05) is 12.6 Å². The topological polar surface area (TPSA) is 80.8 Å². The van der Waals surface area contributed by atoms with Crippen molar-refractivity contribution in [2.24, 2.45) is 5.92 Å². The van der Waals surface area contributed by atoms with Gasteiger partial charge in [0.05, 0.1) is 17.0 Å². The number of aryl methyl sites for hydroxylation is 1. The minimum atomic E-state index is -0.743. The van der Waals surface area contributed by atoms with Crippen molar-refractivity contribution in [3.63, 3.8) is 0 Å². The summed E-state index contributed by atoms with van der Waals surface area (Å²) in [5, 5.41) is 0. The zero-order chi connectivity index (χ0) is 25.7. The van der Waals surface area contributed by atoms with Crippen molar-refractivity contribution in [3.05, 3.63) is 95.1 Å². The third kappa shape index (κ3) is 5.38. The second-order valence-corrected chi connectivity index (χ2v) is 8.56. The van der Waals surface area contributed by atoms with Crippen LogP contribution in [0.3, 0.4) is 0 Å². The Kier molecular flexibility index (Phi) is 7.63. The lowest BCUT2D eigenvalue weighted by atomic mass is 9.93. The molecule has 0 aromatic heterocycles. The van der Waals surface area contributed by atoms with E-state index in [2.05, 4.69) is 0 Å². The van der Waals surface area contributed by atoms with Crippen molar-refractivity contribution in [1.82, 2.24) is 4.90 Å². The first-order valence-corrected chi connectivity index (χ1v) is 11.5. The normalized spacial score (nSPS) is 14.3. The first-order valence-electron chi connectivity index (χ1n) is 11.5. The second-order valence-electron chi connectivity index (χ2n) is 8.56. The van der Waals surface area contributed by atoms with E-state index in [4.69, 9.17) is 4.74 Å². The quantitative estimate of drug-likeness (QED) is 0.289. The fourth-order valence-electron chi connectivity index (χ4n) is 4.41. The van der Waals surface area contributed by atoms with Gasteiger partial charge in [0.15, 0.2) is 0 Å². The van der Waals surface area contributed by atoms with Gasteiger partial charge in [-0.3, -0.25) is 19.3 Å². The highest BCUT2D eigenvalue weighted by Crippen LogP contribution is 2.26. The highest BCUT2D eigenvalue weighted by atomic mass is 19.1. The zero-order valence-corrected chi connectivity index (χ0v) is 19.2. The molecule has 0 fully saturated rings. The number of ether oxygens (including phenoxy) is 1. The minimum Gasteiger partial charge on any atom is -0.464 e. The van der Waals surface area contributed by atoms with Gasteiger partial charge in [-0.05, 0) is 60.2 Å². The highest BCUT2D eigenvalue weighted by molar-refractivity contribution is 6.21. The number of carbonyl (C=O) groups excluding carboxylic acids is 4. The van der Waals surface area contributed by atoms with Gasteiger partial charge in [0.1, 0.15) is 24.0 Å². The van der Waals surface area contributed by atoms with Gasteiger partial charge in [-0.15, -0.1) is 0 Å². The van der Waals surface area contributed by atoms with Gasteiger partial charge < -0.3 is 9.53 Å². The van der Waals surface area contributed by atoms with Crippen molar-refractivity contribution < 1.29 is 32.7 Å². The van der Waals surface area contributed by atoms with Crippen LogP contribution in [-0.2, 0) is 20.7 Å². The van der Waals surface area contributed by atoms with Crippen LogP contribution in [0.1, 0.15) is 39.1 Å². The standard InChI is InChI=1S/C28H23F2NO5/c29-22-13-21(14-23(30)15-22)19-8-5-18(6-9-19)7-10-26(36-17-33)20(16-32)11-12-31-27(34)24-3-1-2-4-25(24)28(31)35/h1-6,8-9,13-17,20,26H,7,10-12H2.